The largest absolute Gasteiger partial charge is 0.458 e. The van der Waals surface area contributed by atoms with Crippen molar-refractivity contribution in [1.29, 1.82) is 0 Å². The van der Waals surface area contributed by atoms with Gasteiger partial charge in [-0.3, -0.25) is 0 Å². The van der Waals surface area contributed by atoms with Gasteiger partial charge in [0.15, 0.2) is 0 Å². The van der Waals surface area contributed by atoms with E-state index in [1.165, 1.54) is 12.2 Å². The lowest BCUT2D eigenvalue weighted by Gasteiger charge is -2.38. The summed E-state index contributed by atoms with van der Waals surface area (Å²) in [5.41, 5.74) is 1.35. The van der Waals surface area contributed by atoms with Crippen molar-refractivity contribution in [3.63, 3.8) is 0 Å². The van der Waals surface area contributed by atoms with Crippen molar-refractivity contribution in [2.75, 3.05) is 21.3 Å². The van der Waals surface area contributed by atoms with E-state index < -0.39 is 139 Å². The first kappa shape index (κ1) is 84.4. The number of aliphatic hydroxyl groups is 9. The van der Waals surface area contributed by atoms with Gasteiger partial charge in [-0.05, 0) is 129 Å². The topological polar surface area (TPSA) is 299 Å². The van der Waals surface area contributed by atoms with Gasteiger partial charge in [-0.15, -0.1) is 0 Å². The van der Waals surface area contributed by atoms with E-state index >= 15 is 0 Å². The Morgan fingerprint density at radius 1 is 0.454 bits per heavy atom. The van der Waals surface area contributed by atoms with Crippen LogP contribution >= 0.6 is 0 Å². The molecule has 2 saturated heterocycles. The Bertz CT molecular complexity index is 2470. The van der Waals surface area contributed by atoms with Gasteiger partial charge in [-0.1, -0.05) is 115 Å². The minimum Gasteiger partial charge on any atom is -0.458 e. The third-order valence-electron chi connectivity index (χ3n) is 22.0. The van der Waals surface area contributed by atoms with Gasteiger partial charge in [-0.2, -0.15) is 0 Å². The smallest absolute Gasteiger partial charge is 0.331 e. The lowest BCUT2D eigenvalue weighted by Crippen LogP contribution is -2.45. The van der Waals surface area contributed by atoms with Gasteiger partial charge in [0.25, 0.3) is 0 Å². The number of cyclic esters (lactones) is 2. The summed E-state index contributed by atoms with van der Waals surface area (Å²) >= 11 is 0. The van der Waals surface area contributed by atoms with Gasteiger partial charge in [0.2, 0.25) is 0 Å². The van der Waals surface area contributed by atoms with Crippen LogP contribution in [0.2, 0.25) is 0 Å². The molecule has 9 N–H and O–H groups in total. The molecule has 97 heavy (non-hydrogen) atoms. The van der Waals surface area contributed by atoms with E-state index in [4.69, 9.17) is 42.6 Å². The summed E-state index contributed by atoms with van der Waals surface area (Å²) < 4.78 is 55.1. The van der Waals surface area contributed by atoms with Gasteiger partial charge < -0.3 is 88.6 Å². The van der Waals surface area contributed by atoms with Crippen LogP contribution < -0.4 is 0 Å². The molecule has 0 aliphatic carbocycles. The summed E-state index contributed by atoms with van der Waals surface area (Å²) in [6, 6.07) is 0. The molecule has 2 fully saturated rings. The van der Waals surface area contributed by atoms with Crippen LogP contribution in [0, 0.1) is 47.3 Å². The highest BCUT2D eigenvalue weighted by atomic mass is 16.6. The van der Waals surface area contributed by atoms with E-state index in [-0.39, 0.29) is 99.5 Å². The summed E-state index contributed by atoms with van der Waals surface area (Å²) in [4.78, 5) is 27.7. The molecule has 0 unspecified atom stereocenters. The number of carbonyl (C=O) groups excluding carboxylic acids is 2. The molecule has 0 spiro atoms. The van der Waals surface area contributed by atoms with Crippen LogP contribution in [0.15, 0.2) is 71.9 Å². The molecular formula is C77H130O20. The van der Waals surface area contributed by atoms with Crippen LogP contribution in [0.5, 0.6) is 0 Å². The maximum Gasteiger partial charge on any atom is 0.331 e. The van der Waals surface area contributed by atoms with Gasteiger partial charge in [0, 0.05) is 94.7 Å². The van der Waals surface area contributed by atoms with E-state index in [0.717, 1.165) is 25.7 Å². The van der Waals surface area contributed by atoms with Crippen LogP contribution in [0.4, 0.5) is 0 Å². The van der Waals surface area contributed by atoms with E-state index in [1.807, 2.05) is 71.9 Å². The Kier molecular flexibility index (Phi) is 36.9. The fraction of sp³-hybridized carbons (Fsp3) is 0.818. The summed E-state index contributed by atoms with van der Waals surface area (Å²) in [7, 11) is 4.99. The molecule has 0 saturated carbocycles. The molecule has 558 valence electrons. The van der Waals surface area contributed by atoms with Crippen molar-refractivity contribution < 1.29 is 98.2 Å². The zero-order valence-corrected chi connectivity index (χ0v) is 61.3. The van der Waals surface area contributed by atoms with E-state index in [0.29, 0.717) is 56.1 Å². The highest BCUT2D eigenvalue weighted by Gasteiger charge is 2.42. The van der Waals surface area contributed by atoms with Crippen LogP contribution in [0.3, 0.4) is 0 Å². The van der Waals surface area contributed by atoms with Crippen molar-refractivity contribution in [1.82, 2.24) is 0 Å². The molecule has 0 radical (unpaired) electrons. The third-order valence-corrected chi connectivity index (χ3v) is 22.0. The van der Waals surface area contributed by atoms with E-state index in [9.17, 15) is 55.5 Å². The fourth-order valence-corrected chi connectivity index (χ4v) is 15.1. The molecule has 0 aromatic carbocycles. The van der Waals surface area contributed by atoms with E-state index in [2.05, 4.69) is 0 Å². The molecule has 0 aromatic rings. The summed E-state index contributed by atoms with van der Waals surface area (Å²) in [6.07, 6.45) is 12.2. The number of rotatable bonds is 15. The van der Waals surface area contributed by atoms with Gasteiger partial charge in [0.05, 0.1) is 122 Å². The Balaban J connectivity index is 1.35. The number of aliphatic hydroxyl groups excluding tert-OH is 9. The van der Waals surface area contributed by atoms with Crippen LogP contribution in [-0.4, -0.2) is 214 Å². The SMILES string of the molecule is CO[C@H]1C[C@H](CC[C@H](C)[C@H](O)[C@H](C)[C@H]2OC(=O)/C=C/C(C)=C/C[C@H](O)C[C@@H]3C=CC[C@@H](C[C@H](OC)[C@@H](C)[C@@H](O)C[C@@H](O)[C@H](C)[C@@H]([C@@H](C)[C@@H](O)[C@@H](C)CC[C@H]4C[C@H](OC)C[C@H](C)O4)OC(=O)/C=C/C(C)=C/C[C@H](O)C[C@@H]4C=CC[C@@H](C[C@H](O)[C@@H](C)[C@@H](O)C[C@@H](O)[C@@H]2C)O4)O3)O[C@@H](C)C1. The number of fused-ring (bicyclic) bond motifs is 4. The number of ether oxygens (including phenoxy) is 9. The zero-order chi connectivity index (χ0) is 71.8. The second-order valence-electron chi connectivity index (χ2n) is 30.1. The number of methoxy groups -OCH3 is 3. The maximum absolute atomic E-state index is 13.9. The third kappa shape index (κ3) is 28.1. The van der Waals surface area contributed by atoms with Crippen molar-refractivity contribution in [2.45, 2.75) is 333 Å². The molecule has 20 heteroatoms. The Morgan fingerprint density at radius 2 is 0.835 bits per heavy atom. The molecule has 4 bridgehead atoms. The molecule has 5 aliphatic rings. The molecule has 5 rings (SSSR count). The zero-order valence-electron chi connectivity index (χ0n) is 61.3. The van der Waals surface area contributed by atoms with Crippen molar-refractivity contribution in [2.24, 2.45) is 47.3 Å². The number of hydrogen-bond acceptors (Lipinski definition) is 20. The highest BCUT2D eigenvalue weighted by Crippen LogP contribution is 2.36. The molecule has 0 amide bonds. The van der Waals surface area contributed by atoms with Crippen LogP contribution in [0.1, 0.15) is 199 Å². The van der Waals surface area contributed by atoms with Gasteiger partial charge in [-0.25, -0.2) is 9.59 Å². The lowest BCUT2D eigenvalue weighted by atomic mass is 9.78. The Morgan fingerprint density at radius 3 is 1.24 bits per heavy atom. The quantitative estimate of drug-likeness (QED) is 0.0544. The number of esters is 2. The average molecular weight is 1380 g/mol. The molecular weight excluding hydrogens is 1240 g/mol. The van der Waals surface area contributed by atoms with Crippen LogP contribution in [-0.2, 0) is 52.2 Å². The fourth-order valence-electron chi connectivity index (χ4n) is 15.1. The summed E-state index contributed by atoms with van der Waals surface area (Å²) in [6.45, 7) is 22.2. The number of carbonyl (C=O) groups is 2. The van der Waals surface area contributed by atoms with Crippen molar-refractivity contribution >= 4 is 11.9 Å². The number of hydrogen-bond donors (Lipinski definition) is 9. The number of allylic oxidation sites excluding steroid dienone is 4. The molecule has 5 heterocycles. The summed E-state index contributed by atoms with van der Waals surface area (Å²) in [5.74, 6) is -5.87. The highest BCUT2D eigenvalue weighted by molar-refractivity contribution is 5.83. The van der Waals surface area contributed by atoms with Crippen molar-refractivity contribution in [3.05, 3.63) is 71.9 Å². The standard InChI is InChI=1S/C77H130O20/c1-44-22-28-56(78)36-58-18-16-20-60(94-58)40-66(80)50(7)67(81)42-69(83)52(9)76(54(11)74(87)46(3)26-30-62-38-64(89-13)34-48(5)92-62)96-72(85)32-24-45(2)23-29-57(79)37-59-19-17-21-61(95-59)41-71(91-15)51(8)68(82)43-70(84)53(10)77(97-73(86)33-25-44)55(12)75(88)47(4)27-31-63-39-65(90-14)35-49(6)93-63/h16-19,22-25,32-33,46-71,74-84,87-88H,20-21,26-31,34-43H2,1-15H3/b32-24+,33-25+,44-22+,45-23+/t46-,47-,48-,49-,50+,51-,52-,53-,54-,55-,56-,57-,58-,59-,60-,61-,62-,63-,64+,65+,66-,67-,68-,69+,70+,71-,74-,75-,76-,77-/m0/s1. The molecule has 0 aromatic heterocycles. The minimum atomic E-state index is -1.22. The molecule has 20 nitrogen and oxygen atoms in total. The second kappa shape index (κ2) is 42.4. The first-order valence-electron chi connectivity index (χ1n) is 36.7. The predicted molar refractivity (Wildman–Crippen MR) is 373 cm³/mol. The normalized spacial score (nSPS) is 41.4. The minimum absolute atomic E-state index is 0.0332. The Hall–Kier alpha value is -3.26. The van der Waals surface area contributed by atoms with Crippen molar-refractivity contribution in [3.8, 4) is 0 Å². The Labute approximate surface area is 581 Å². The monoisotopic (exact) mass is 1370 g/mol. The second-order valence-corrected chi connectivity index (χ2v) is 30.1. The predicted octanol–water partition coefficient (Wildman–Crippen LogP) is 9.45. The first-order chi connectivity index (χ1) is 45.9. The maximum atomic E-state index is 13.9. The first-order valence-corrected chi connectivity index (χ1v) is 36.7. The average Bonchev–Trinajstić information content (AvgIpc) is 0.873. The lowest BCUT2D eigenvalue weighted by molar-refractivity contribution is -0.158. The van der Waals surface area contributed by atoms with Gasteiger partial charge >= 0.3 is 11.9 Å². The van der Waals surface area contributed by atoms with E-state index in [1.54, 1.807) is 81.1 Å². The molecule has 5 aliphatic heterocycles. The van der Waals surface area contributed by atoms with Crippen LogP contribution in [0.25, 0.3) is 0 Å². The van der Waals surface area contributed by atoms with Gasteiger partial charge in [0.1, 0.15) is 12.2 Å². The molecule has 30 atom stereocenters. The summed E-state index contributed by atoms with van der Waals surface area (Å²) in [5, 5.41) is 105.